The predicted octanol–water partition coefficient (Wildman–Crippen LogP) is 2.08. The SMILES string of the molecule is COc1ccc(C2CC2COc2nc(C)ncc2-c2cc(=O)n(C)n2C)nc1. The van der Waals surface area contributed by atoms with Crippen molar-refractivity contribution in [1.82, 2.24) is 24.3 Å². The fourth-order valence-corrected chi connectivity index (χ4v) is 3.31. The first-order valence-corrected chi connectivity index (χ1v) is 9.17. The lowest BCUT2D eigenvalue weighted by molar-refractivity contribution is 0.285. The number of ether oxygens (including phenoxy) is 2. The third-order valence-corrected chi connectivity index (χ3v) is 5.26. The lowest BCUT2D eigenvalue weighted by atomic mass is 10.2. The van der Waals surface area contributed by atoms with Crippen LogP contribution in [0.25, 0.3) is 11.3 Å². The molecule has 8 heteroatoms. The van der Waals surface area contributed by atoms with Crippen molar-refractivity contribution >= 4 is 0 Å². The normalized spacial score (nSPS) is 18.1. The maximum absolute atomic E-state index is 12.0. The van der Waals surface area contributed by atoms with E-state index in [1.54, 1.807) is 37.3 Å². The Labute approximate surface area is 162 Å². The Bertz CT molecular complexity index is 1050. The molecule has 3 aromatic heterocycles. The first-order valence-electron chi connectivity index (χ1n) is 9.17. The van der Waals surface area contributed by atoms with Crippen molar-refractivity contribution in [3.05, 3.63) is 52.5 Å². The third kappa shape index (κ3) is 3.37. The molecular formula is C20H23N5O3. The van der Waals surface area contributed by atoms with Gasteiger partial charge in [-0.05, 0) is 25.5 Å². The highest BCUT2D eigenvalue weighted by atomic mass is 16.5. The lowest BCUT2D eigenvalue weighted by Crippen LogP contribution is -2.16. The van der Waals surface area contributed by atoms with Gasteiger partial charge >= 0.3 is 0 Å². The van der Waals surface area contributed by atoms with Gasteiger partial charge in [0, 0.05) is 43.9 Å². The van der Waals surface area contributed by atoms with Crippen molar-refractivity contribution in [2.24, 2.45) is 20.0 Å². The molecule has 3 aromatic rings. The van der Waals surface area contributed by atoms with Gasteiger partial charge in [0.2, 0.25) is 5.88 Å². The van der Waals surface area contributed by atoms with E-state index in [0.717, 1.165) is 23.6 Å². The molecule has 28 heavy (non-hydrogen) atoms. The minimum absolute atomic E-state index is 0.0862. The number of methoxy groups -OCH3 is 1. The quantitative estimate of drug-likeness (QED) is 0.650. The van der Waals surface area contributed by atoms with Crippen molar-refractivity contribution in [1.29, 1.82) is 0 Å². The summed E-state index contributed by atoms with van der Waals surface area (Å²) in [7, 11) is 5.18. The second-order valence-electron chi connectivity index (χ2n) is 7.09. The van der Waals surface area contributed by atoms with Crippen molar-refractivity contribution in [3.63, 3.8) is 0 Å². The Morgan fingerprint density at radius 1 is 1.18 bits per heavy atom. The van der Waals surface area contributed by atoms with Crippen molar-refractivity contribution in [2.45, 2.75) is 19.3 Å². The summed E-state index contributed by atoms with van der Waals surface area (Å²) in [6, 6.07) is 5.51. The minimum Gasteiger partial charge on any atom is -0.495 e. The number of hydrogen-bond donors (Lipinski definition) is 0. The summed E-state index contributed by atoms with van der Waals surface area (Å²) >= 11 is 0. The molecular weight excluding hydrogens is 358 g/mol. The van der Waals surface area contributed by atoms with Crippen LogP contribution >= 0.6 is 0 Å². The van der Waals surface area contributed by atoms with Gasteiger partial charge in [0.15, 0.2) is 0 Å². The minimum atomic E-state index is -0.0862. The summed E-state index contributed by atoms with van der Waals surface area (Å²) in [4.78, 5) is 25.2. The van der Waals surface area contributed by atoms with E-state index in [0.29, 0.717) is 35.7 Å². The average molecular weight is 381 g/mol. The molecule has 0 saturated heterocycles. The molecule has 0 bridgehead atoms. The molecule has 146 valence electrons. The highest BCUT2D eigenvalue weighted by Gasteiger charge is 2.40. The zero-order chi connectivity index (χ0) is 19.8. The fourth-order valence-electron chi connectivity index (χ4n) is 3.31. The van der Waals surface area contributed by atoms with E-state index in [1.165, 1.54) is 4.68 Å². The largest absolute Gasteiger partial charge is 0.495 e. The van der Waals surface area contributed by atoms with Crippen LogP contribution in [0.1, 0.15) is 23.9 Å². The van der Waals surface area contributed by atoms with Gasteiger partial charge in [-0.25, -0.2) is 4.98 Å². The van der Waals surface area contributed by atoms with Gasteiger partial charge in [-0.3, -0.25) is 19.1 Å². The van der Waals surface area contributed by atoms with E-state index in [4.69, 9.17) is 9.47 Å². The van der Waals surface area contributed by atoms with Gasteiger partial charge in [0.1, 0.15) is 11.6 Å². The van der Waals surface area contributed by atoms with Crippen LogP contribution in [0.2, 0.25) is 0 Å². The molecule has 2 unspecified atom stereocenters. The molecule has 0 spiro atoms. The molecule has 1 saturated carbocycles. The smallest absolute Gasteiger partial charge is 0.266 e. The Kier molecular flexibility index (Phi) is 4.62. The monoisotopic (exact) mass is 381 g/mol. The highest BCUT2D eigenvalue weighted by Crippen LogP contribution is 2.47. The molecule has 0 radical (unpaired) electrons. The number of aryl methyl sites for hydroxylation is 1. The Morgan fingerprint density at radius 2 is 2.00 bits per heavy atom. The van der Waals surface area contributed by atoms with Crippen LogP contribution in [0.15, 0.2) is 35.4 Å². The molecule has 1 fully saturated rings. The number of rotatable bonds is 6. The summed E-state index contributed by atoms with van der Waals surface area (Å²) in [6.45, 7) is 2.37. The number of pyridine rings is 1. The van der Waals surface area contributed by atoms with E-state index in [-0.39, 0.29) is 5.56 Å². The van der Waals surface area contributed by atoms with Crippen molar-refractivity contribution < 1.29 is 9.47 Å². The Balaban J connectivity index is 1.50. The van der Waals surface area contributed by atoms with Gasteiger partial charge in [-0.15, -0.1) is 0 Å². The van der Waals surface area contributed by atoms with Crippen LogP contribution in [-0.4, -0.2) is 38.0 Å². The van der Waals surface area contributed by atoms with Crippen molar-refractivity contribution in [2.75, 3.05) is 13.7 Å². The summed E-state index contributed by atoms with van der Waals surface area (Å²) < 4.78 is 14.5. The Hall–Kier alpha value is -3.16. The van der Waals surface area contributed by atoms with E-state index in [9.17, 15) is 4.79 Å². The zero-order valence-corrected chi connectivity index (χ0v) is 16.4. The maximum Gasteiger partial charge on any atom is 0.266 e. The second kappa shape index (κ2) is 7.10. The lowest BCUT2D eigenvalue weighted by Gasteiger charge is -2.12. The molecule has 0 aliphatic heterocycles. The van der Waals surface area contributed by atoms with E-state index in [2.05, 4.69) is 15.0 Å². The van der Waals surface area contributed by atoms with Crippen LogP contribution in [0.5, 0.6) is 11.6 Å². The summed E-state index contributed by atoms with van der Waals surface area (Å²) in [5.41, 5.74) is 2.41. The third-order valence-electron chi connectivity index (χ3n) is 5.26. The van der Waals surface area contributed by atoms with Crippen LogP contribution in [0.3, 0.4) is 0 Å². The van der Waals surface area contributed by atoms with Gasteiger partial charge in [-0.2, -0.15) is 4.98 Å². The van der Waals surface area contributed by atoms with Gasteiger partial charge in [-0.1, -0.05) is 0 Å². The number of hydrogen-bond acceptors (Lipinski definition) is 6. The molecule has 4 rings (SSSR count). The van der Waals surface area contributed by atoms with Crippen LogP contribution in [0.4, 0.5) is 0 Å². The van der Waals surface area contributed by atoms with E-state index < -0.39 is 0 Å². The van der Waals surface area contributed by atoms with Crippen molar-refractivity contribution in [3.8, 4) is 22.9 Å². The fraction of sp³-hybridized carbons (Fsp3) is 0.400. The average Bonchev–Trinajstić information content (AvgIpc) is 3.44. The second-order valence-corrected chi connectivity index (χ2v) is 7.09. The highest BCUT2D eigenvalue weighted by molar-refractivity contribution is 5.64. The standard InChI is InChI=1S/C20H23N5O3/c1-12-21-10-16(18-8-19(26)25(3)24(18)2)20(23-12)28-11-13-7-15(13)17-6-5-14(27-4)9-22-17/h5-6,8-10,13,15H,7,11H2,1-4H3. The first kappa shape index (κ1) is 18.2. The maximum atomic E-state index is 12.0. The number of aromatic nitrogens is 5. The van der Waals surface area contributed by atoms with E-state index in [1.807, 2.05) is 26.1 Å². The van der Waals surface area contributed by atoms with E-state index >= 15 is 0 Å². The molecule has 8 nitrogen and oxygen atoms in total. The molecule has 3 heterocycles. The van der Waals surface area contributed by atoms with Crippen LogP contribution < -0.4 is 15.0 Å². The van der Waals surface area contributed by atoms with Gasteiger partial charge < -0.3 is 9.47 Å². The zero-order valence-electron chi connectivity index (χ0n) is 16.4. The first-order chi connectivity index (χ1) is 13.5. The van der Waals surface area contributed by atoms with Gasteiger partial charge in [0.05, 0.1) is 31.2 Å². The van der Waals surface area contributed by atoms with Gasteiger partial charge in [0.25, 0.3) is 5.56 Å². The summed E-state index contributed by atoms with van der Waals surface area (Å²) in [5.74, 6) is 2.67. The van der Waals surface area contributed by atoms with Crippen LogP contribution in [-0.2, 0) is 14.1 Å². The molecule has 1 aliphatic rings. The topological polar surface area (TPSA) is 84.1 Å². The molecule has 0 N–H and O–H groups in total. The molecule has 0 amide bonds. The summed E-state index contributed by atoms with van der Waals surface area (Å²) in [5, 5.41) is 0. The molecule has 1 aliphatic carbocycles. The number of nitrogens with zero attached hydrogens (tertiary/aromatic N) is 5. The summed E-state index contributed by atoms with van der Waals surface area (Å²) in [6.07, 6.45) is 4.48. The molecule has 2 atom stereocenters. The molecule has 0 aromatic carbocycles. The predicted molar refractivity (Wildman–Crippen MR) is 104 cm³/mol. The Morgan fingerprint density at radius 3 is 2.64 bits per heavy atom. The van der Waals surface area contributed by atoms with Crippen LogP contribution in [0, 0.1) is 12.8 Å².